The largest absolute Gasteiger partial charge is 0.337 e. The standard InChI is InChI=1S/C12H6B2O3S2/c13-7-3-5-9(18-7)10-6(4-8(14)19-10)12(11(5)15)16-1-2-17-12/h3-4H,1-2H2. The van der Waals surface area contributed by atoms with Crippen LogP contribution >= 0.6 is 22.7 Å². The Bertz CT molecular complexity index is 698. The topological polar surface area (TPSA) is 35.5 Å². The summed E-state index contributed by atoms with van der Waals surface area (Å²) in [6, 6.07) is 3.45. The van der Waals surface area contributed by atoms with E-state index in [1.807, 2.05) is 0 Å². The number of carbonyl (C=O) groups excluding carboxylic acids is 1. The number of thiophene rings is 2. The minimum absolute atomic E-state index is 0.182. The second kappa shape index (κ2) is 3.82. The Morgan fingerprint density at radius 2 is 1.68 bits per heavy atom. The van der Waals surface area contributed by atoms with Crippen LogP contribution in [0.15, 0.2) is 12.1 Å². The van der Waals surface area contributed by atoms with Crippen molar-refractivity contribution in [2.75, 3.05) is 13.2 Å². The fourth-order valence-electron chi connectivity index (χ4n) is 2.57. The third-order valence-electron chi connectivity index (χ3n) is 3.30. The molecule has 0 N–H and O–H groups in total. The normalized spacial score (nSPS) is 19.7. The highest BCUT2D eigenvalue weighted by molar-refractivity contribution is 7.29. The Kier molecular flexibility index (Phi) is 2.39. The van der Waals surface area contributed by atoms with Gasteiger partial charge in [0.05, 0.1) is 23.0 Å². The van der Waals surface area contributed by atoms with Crippen molar-refractivity contribution in [1.82, 2.24) is 0 Å². The van der Waals surface area contributed by atoms with Gasteiger partial charge in [0.1, 0.15) is 15.7 Å². The third kappa shape index (κ3) is 1.44. The van der Waals surface area contributed by atoms with E-state index >= 15 is 0 Å². The van der Waals surface area contributed by atoms with Gasteiger partial charge in [-0.2, -0.15) is 22.7 Å². The van der Waals surface area contributed by atoms with Crippen LogP contribution in [0.4, 0.5) is 0 Å². The van der Waals surface area contributed by atoms with Crippen molar-refractivity contribution in [2.45, 2.75) is 5.79 Å². The minimum atomic E-state index is -1.32. The van der Waals surface area contributed by atoms with Crippen LogP contribution in [-0.4, -0.2) is 34.7 Å². The van der Waals surface area contributed by atoms with Crippen molar-refractivity contribution in [1.29, 1.82) is 0 Å². The molecule has 3 nitrogen and oxygen atoms in total. The van der Waals surface area contributed by atoms with E-state index in [0.29, 0.717) is 33.9 Å². The number of fused-ring (bicyclic) bond motifs is 4. The molecule has 2 aromatic heterocycles. The van der Waals surface area contributed by atoms with Crippen LogP contribution in [0, 0.1) is 0 Å². The maximum Gasteiger partial charge on any atom is 0.262 e. The highest BCUT2D eigenvalue weighted by Gasteiger charge is 2.52. The zero-order valence-electron chi connectivity index (χ0n) is 9.76. The predicted molar refractivity (Wildman–Crippen MR) is 76.3 cm³/mol. The van der Waals surface area contributed by atoms with E-state index in [-0.39, 0.29) is 5.78 Å². The summed E-state index contributed by atoms with van der Waals surface area (Å²) in [6.07, 6.45) is 0. The smallest absolute Gasteiger partial charge is 0.262 e. The molecule has 1 aliphatic heterocycles. The Morgan fingerprint density at radius 1 is 1.05 bits per heavy atom. The van der Waals surface area contributed by atoms with Crippen molar-refractivity contribution in [2.24, 2.45) is 0 Å². The maximum atomic E-state index is 12.7. The van der Waals surface area contributed by atoms with Gasteiger partial charge in [-0.15, -0.1) is 0 Å². The van der Waals surface area contributed by atoms with Gasteiger partial charge in [-0.3, -0.25) is 4.79 Å². The summed E-state index contributed by atoms with van der Waals surface area (Å²) in [7, 11) is 11.7. The molecule has 0 bridgehead atoms. The van der Waals surface area contributed by atoms with Gasteiger partial charge in [-0.1, -0.05) is 0 Å². The van der Waals surface area contributed by atoms with Gasteiger partial charge in [-0.05, 0) is 21.7 Å². The lowest BCUT2D eigenvalue weighted by Gasteiger charge is -2.29. The van der Waals surface area contributed by atoms with E-state index in [1.165, 1.54) is 22.7 Å². The quantitative estimate of drug-likeness (QED) is 0.659. The molecular weight excluding hydrogens is 278 g/mol. The third-order valence-corrected chi connectivity index (χ3v) is 5.39. The predicted octanol–water partition coefficient (Wildman–Crippen LogP) is 0.460. The van der Waals surface area contributed by atoms with Crippen molar-refractivity contribution in [3.63, 3.8) is 0 Å². The molecule has 1 spiro atoms. The van der Waals surface area contributed by atoms with Gasteiger partial charge < -0.3 is 9.47 Å². The number of hydrogen-bond donors (Lipinski definition) is 0. The van der Waals surface area contributed by atoms with Gasteiger partial charge in [-0.25, -0.2) is 0 Å². The van der Waals surface area contributed by atoms with Crippen LogP contribution in [0.1, 0.15) is 15.9 Å². The van der Waals surface area contributed by atoms with Gasteiger partial charge >= 0.3 is 0 Å². The molecule has 4 radical (unpaired) electrons. The fraction of sp³-hybridized carbons (Fsp3) is 0.250. The Balaban J connectivity index is 2.06. The number of Topliss-reactive ketones (excluding diaryl/α,β-unsaturated/α-hetero) is 1. The molecule has 2 aromatic rings. The number of ether oxygens (including phenoxy) is 2. The summed E-state index contributed by atoms with van der Waals surface area (Å²) in [5.74, 6) is -1.50. The molecule has 1 saturated heterocycles. The minimum Gasteiger partial charge on any atom is -0.337 e. The zero-order valence-corrected chi connectivity index (χ0v) is 11.4. The second-order valence-electron chi connectivity index (χ2n) is 4.43. The Hall–Kier alpha value is -0.880. The first-order valence-electron chi connectivity index (χ1n) is 5.74. The van der Waals surface area contributed by atoms with E-state index in [1.54, 1.807) is 12.1 Å². The van der Waals surface area contributed by atoms with Gasteiger partial charge in [0, 0.05) is 11.1 Å². The Labute approximate surface area is 120 Å². The van der Waals surface area contributed by atoms with Crippen LogP contribution in [-0.2, 0) is 15.3 Å². The average molecular weight is 284 g/mol. The van der Waals surface area contributed by atoms with Gasteiger partial charge in [0.2, 0.25) is 5.78 Å². The monoisotopic (exact) mass is 284 g/mol. The van der Waals surface area contributed by atoms with Gasteiger partial charge in [0.15, 0.2) is 0 Å². The highest BCUT2D eigenvalue weighted by Crippen LogP contribution is 2.49. The maximum absolute atomic E-state index is 12.7. The van der Waals surface area contributed by atoms with Crippen molar-refractivity contribution >= 4 is 53.7 Å². The molecule has 0 atom stereocenters. The lowest BCUT2D eigenvalue weighted by atomic mass is 9.88. The average Bonchev–Trinajstić information content (AvgIpc) is 3.04. The van der Waals surface area contributed by atoms with Crippen LogP contribution in [0.2, 0.25) is 0 Å². The molecule has 0 amide bonds. The van der Waals surface area contributed by atoms with Crippen LogP contribution in [0.25, 0.3) is 9.75 Å². The zero-order chi connectivity index (χ0) is 13.2. The first kappa shape index (κ1) is 11.9. The molecule has 0 aromatic carbocycles. The summed E-state index contributed by atoms with van der Waals surface area (Å²) in [5.41, 5.74) is 1.28. The molecule has 0 unspecified atom stereocenters. The van der Waals surface area contributed by atoms with E-state index in [0.717, 1.165) is 9.75 Å². The Morgan fingerprint density at radius 3 is 2.42 bits per heavy atom. The molecule has 3 heterocycles. The summed E-state index contributed by atoms with van der Waals surface area (Å²) in [6.45, 7) is 0.797. The number of carbonyl (C=O) groups is 1. The molecule has 7 heteroatoms. The molecule has 4 rings (SSSR count). The van der Waals surface area contributed by atoms with Crippen LogP contribution in [0.5, 0.6) is 0 Å². The summed E-state index contributed by atoms with van der Waals surface area (Å²) in [5, 5.41) is 0. The lowest BCUT2D eigenvalue weighted by molar-refractivity contribution is -0.126. The van der Waals surface area contributed by atoms with Crippen molar-refractivity contribution in [3.8, 4) is 9.75 Å². The molecule has 0 saturated carbocycles. The van der Waals surface area contributed by atoms with Crippen LogP contribution in [0.3, 0.4) is 0 Å². The van der Waals surface area contributed by atoms with Crippen LogP contribution < -0.4 is 9.55 Å². The van der Waals surface area contributed by atoms with E-state index in [4.69, 9.17) is 25.2 Å². The van der Waals surface area contributed by atoms with E-state index in [2.05, 4.69) is 0 Å². The summed E-state index contributed by atoms with van der Waals surface area (Å²) >= 11 is 2.82. The lowest BCUT2D eigenvalue weighted by Crippen LogP contribution is -2.39. The summed E-state index contributed by atoms with van der Waals surface area (Å²) in [4.78, 5) is 14.5. The number of hydrogen-bond acceptors (Lipinski definition) is 5. The van der Waals surface area contributed by atoms with Gasteiger partial charge in [0.25, 0.3) is 5.79 Å². The summed E-state index contributed by atoms with van der Waals surface area (Å²) < 4.78 is 12.5. The van der Waals surface area contributed by atoms with Crippen molar-refractivity contribution < 1.29 is 14.3 Å². The van der Waals surface area contributed by atoms with E-state index in [9.17, 15) is 4.79 Å². The first-order chi connectivity index (χ1) is 9.12. The molecule has 2 aliphatic rings. The number of rotatable bonds is 0. The fourth-order valence-corrected chi connectivity index (χ4v) is 4.61. The highest BCUT2D eigenvalue weighted by atomic mass is 32.1. The molecule has 1 aliphatic carbocycles. The van der Waals surface area contributed by atoms with Crippen molar-refractivity contribution in [3.05, 3.63) is 23.3 Å². The second-order valence-corrected chi connectivity index (χ2v) is 6.59. The molecule has 90 valence electrons. The molecular formula is C12H6B2O3S2. The number of ketones is 1. The molecule has 19 heavy (non-hydrogen) atoms. The molecule has 1 fully saturated rings. The van der Waals surface area contributed by atoms with E-state index < -0.39 is 5.79 Å². The first-order valence-corrected chi connectivity index (χ1v) is 7.37. The SMILES string of the molecule is [B]c1cc2c(s1)-c1sc([B])cc1C1(OCCO1)C2=O.